The fraction of sp³-hybridized carbons (Fsp3) is 0.238. The molecule has 1 heterocycles. The molecule has 1 aromatic heterocycles. The molecular weight excluding hydrogens is 374 g/mol. The van der Waals surface area contributed by atoms with Gasteiger partial charge in [-0.15, -0.1) is 0 Å². The number of rotatable bonds is 5. The molecule has 2 N–H and O–H groups in total. The molecule has 0 atom stereocenters. The lowest BCUT2D eigenvalue weighted by molar-refractivity contribution is 0.471. The fourth-order valence-corrected chi connectivity index (χ4v) is 4.71. The molecule has 0 aliphatic carbocycles. The summed E-state index contributed by atoms with van der Waals surface area (Å²) in [4.78, 5) is 8.41. The van der Waals surface area contributed by atoms with Crippen LogP contribution in [0.4, 0.5) is 5.95 Å². The van der Waals surface area contributed by atoms with Gasteiger partial charge >= 0.3 is 10.1 Å². The van der Waals surface area contributed by atoms with Crippen LogP contribution in [0.2, 0.25) is 0 Å². The van der Waals surface area contributed by atoms with E-state index < -0.39 is 10.1 Å². The van der Waals surface area contributed by atoms with Gasteiger partial charge in [-0.3, -0.25) is 0 Å². The summed E-state index contributed by atoms with van der Waals surface area (Å²) in [6, 6.07) is 13.3. The molecule has 0 aliphatic heterocycles. The number of aryl methyl sites for hydroxylation is 4. The van der Waals surface area contributed by atoms with E-state index in [9.17, 15) is 8.42 Å². The first-order valence-electron chi connectivity index (χ1n) is 8.86. The Labute approximate surface area is 165 Å². The van der Waals surface area contributed by atoms with E-state index in [1.54, 1.807) is 20.8 Å². The van der Waals surface area contributed by atoms with Crippen LogP contribution in [0.25, 0.3) is 0 Å². The molecule has 7 heteroatoms. The lowest BCUT2D eigenvalue weighted by atomic mass is 10.1. The third kappa shape index (κ3) is 4.14. The lowest BCUT2D eigenvalue weighted by Crippen LogP contribution is -2.16. The Morgan fingerprint density at radius 2 is 1.57 bits per heavy atom. The standard InChI is InChI=1S/C21H23N3O3S/c1-13-10-14(2)19(15(3)11-13)28(25,26)27-20-18(16(4)23-21(22)24-20)12-17-8-6-5-7-9-17/h5-11H,12H2,1-4H3,(H2,22,23,24). The molecule has 6 nitrogen and oxygen atoms in total. The number of benzene rings is 2. The first kappa shape index (κ1) is 19.8. The number of aromatic nitrogens is 2. The molecule has 0 bridgehead atoms. The van der Waals surface area contributed by atoms with E-state index in [4.69, 9.17) is 9.92 Å². The normalized spacial score (nSPS) is 11.4. The number of anilines is 1. The van der Waals surface area contributed by atoms with Crippen LogP contribution in [-0.2, 0) is 16.5 Å². The predicted octanol–water partition coefficient (Wildman–Crippen LogP) is 3.65. The minimum Gasteiger partial charge on any atom is -0.368 e. The first-order valence-corrected chi connectivity index (χ1v) is 10.3. The van der Waals surface area contributed by atoms with Crippen LogP contribution in [0.5, 0.6) is 5.88 Å². The Balaban J connectivity index is 2.07. The van der Waals surface area contributed by atoms with Crippen molar-refractivity contribution in [3.63, 3.8) is 0 Å². The van der Waals surface area contributed by atoms with Crippen molar-refractivity contribution in [1.29, 1.82) is 0 Å². The third-order valence-corrected chi connectivity index (χ3v) is 5.98. The van der Waals surface area contributed by atoms with Gasteiger partial charge in [0, 0.05) is 12.0 Å². The van der Waals surface area contributed by atoms with Crippen molar-refractivity contribution in [3.05, 3.63) is 76.0 Å². The van der Waals surface area contributed by atoms with Crippen molar-refractivity contribution in [2.75, 3.05) is 5.73 Å². The molecule has 0 amide bonds. The van der Waals surface area contributed by atoms with Gasteiger partial charge in [0.2, 0.25) is 11.8 Å². The molecule has 0 radical (unpaired) electrons. The molecule has 2 aromatic carbocycles. The number of hydrogen-bond donors (Lipinski definition) is 1. The molecule has 0 spiro atoms. The second-order valence-corrected chi connectivity index (χ2v) is 8.36. The average Bonchev–Trinajstić information content (AvgIpc) is 2.57. The van der Waals surface area contributed by atoms with Gasteiger partial charge in [-0.2, -0.15) is 13.4 Å². The molecular formula is C21H23N3O3S. The molecule has 0 fully saturated rings. The summed E-state index contributed by atoms with van der Waals surface area (Å²) in [6.07, 6.45) is 0.434. The zero-order chi connectivity index (χ0) is 20.5. The maximum Gasteiger partial charge on any atom is 0.341 e. The van der Waals surface area contributed by atoms with Crippen LogP contribution >= 0.6 is 0 Å². The zero-order valence-corrected chi connectivity index (χ0v) is 17.2. The van der Waals surface area contributed by atoms with Gasteiger partial charge < -0.3 is 9.92 Å². The molecule has 0 unspecified atom stereocenters. The highest BCUT2D eigenvalue weighted by Gasteiger charge is 2.25. The molecule has 3 rings (SSSR count). The van der Waals surface area contributed by atoms with Gasteiger partial charge in [-0.1, -0.05) is 48.0 Å². The number of nitrogen functional groups attached to an aromatic ring is 1. The van der Waals surface area contributed by atoms with Crippen molar-refractivity contribution >= 4 is 16.1 Å². The van der Waals surface area contributed by atoms with Crippen LogP contribution < -0.4 is 9.92 Å². The van der Waals surface area contributed by atoms with E-state index in [0.29, 0.717) is 28.8 Å². The monoisotopic (exact) mass is 397 g/mol. The Morgan fingerprint density at radius 1 is 0.964 bits per heavy atom. The maximum absolute atomic E-state index is 13.1. The summed E-state index contributed by atoms with van der Waals surface area (Å²) in [5.41, 5.74) is 10.2. The lowest BCUT2D eigenvalue weighted by Gasteiger charge is -2.15. The largest absolute Gasteiger partial charge is 0.368 e. The van der Waals surface area contributed by atoms with Crippen molar-refractivity contribution in [3.8, 4) is 5.88 Å². The van der Waals surface area contributed by atoms with Gasteiger partial charge in [0.15, 0.2) is 0 Å². The quantitative estimate of drug-likeness (QED) is 0.660. The van der Waals surface area contributed by atoms with E-state index in [1.807, 2.05) is 49.4 Å². The molecule has 28 heavy (non-hydrogen) atoms. The zero-order valence-electron chi connectivity index (χ0n) is 16.4. The number of nitrogens with zero attached hydrogens (tertiary/aromatic N) is 2. The van der Waals surface area contributed by atoms with Crippen LogP contribution in [-0.4, -0.2) is 18.4 Å². The Bertz CT molecular complexity index is 1100. The highest BCUT2D eigenvalue weighted by Crippen LogP contribution is 2.29. The Morgan fingerprint density at radius 3 is 2.18 bits per heavy atom. The minimum atomic E-state index is -4.09. The van der Waals surface area contributed by atoms with Crippen molar-refractivity contribution in [1.82, 2.24) is 9.97 Å². The van der Waals surface area contributed by atoms with E-state index in [2.05, 4.69) is 9.97 Å². The number of hydrogen-bond acceptors (Lipinski definition) is 6. The number of nitrogens with two attached hydrogens (primary N) is 1. The average molecular weight is 398 g/mol. The van der Waals surface area contributed by atoms with Gasteiger partial charge in [-0.25, -0.2) is 4.98 Å². The van der Waals surface area contributed by atoms with Gasteiger partial charge in [-0.05, 0) is 44.4 Å². The highest BCUT2D eigenvalue weighted by molar-refractivity contribution is 7.87. The molecule has 146 valence electrons. The van der Waals surface area contributed by atoms with E-state index in [1.165, 1.54) is 0 Å². The Hall–Kier alpha value is -2.93. The van der Waals surface area contributed by atoms with Crippen molar-refractivity contribution < 1.29 is 12.6 Å². The maximum atomic E-state index is 13.1. The van der Waals surface area contributed by atoms with Gasteiger partial charge in [0.05, 0.1) is 5.69 Å². The van der Waals surface area contributed by atoms with Crippen LogP contribution in [0, 0.1) is 27.7 Å². The second kappa shape index (κ2) is 7.59. The summed E-state index contributed by atoms with van der Waals surface area (Å²) in [6.45, 7) is 7.18. The van der Waals surface area contributed by atoms with Crippen molar-refractivity contribution in [2.45, 2.75) is 39.0 Å². The van der Waals surface area contributed by atoms with E-state index >= 15 is 0 Å². The fourth-order valence-electron chi connectivity index (χ4n) is 3.37. The molecule has 0 aliphatic rings. The summed E-state index contributed by atoms with van der Waals surface area (Å²) in [5.74, 6) is -0.0647. The predicted molar refractivity (Wildman–Crippen MR) is 109 cm³/mol. The van der Waals surface area contributed by atoms with Gasteiger partial charge in [0.25, 0.3) is 0 Å². The first-order chi connectivity index (χ1) is 13.2. The van der Waals surface area contributed by atoms with Crippen molar-refractivity contribution in [2.24, 2.45) is 0 Å². The summed E-state index contributed by atoms with van der Waals surface area (Å²) in [5, 5.41) is 0. The second-order valence-electron chi connectivity index (χ2n) is 6.88. The smallest absolute Gasteiger partial charge is 0.341 e. The van der Waals surface area contributed by atoms with E-state index in [0.717, 1.165) is 11.1 Å². The van der Waals surface area contributed by atoms with Gasteiger partial charge in [0.1, 0.15) is 4.90 Å². The summed E-state index contributed by atoms with van der Waals surface area (Å²) >= 11 is 0. The minimum absolute atomic E-state index is 0.0307. The summed E-state index contributed by atoms with van der Waals surface area (Å²) in [7, 11) is -4.09. The summed E-state index contributed by atoms with van der Waals surface area (Å²) < 4.78 is 31.6. The molecule has 3 aromatic rings. The molecule has 0 saturated carbocycles. The third-order valence-electron chi connectivity index (χ3n) is 4.46. The van der Waals surface area contributed by atoms with Crippen LogP contribution in [0.1, 0.15) is 33.5 Å². The SMILES string of the molecule is Cc1cc(C)c(S(=O)(=O)Oc2nc(N)nc(C)c2Cc2ccccc2)c(C)c1. The highest BCUT2D eigenvalue weighted by atomic mass is 32.2. The van der Waals surface area contributed by atoms with E-state index in [-0.39, 0.29) is 16.7 Å². The van der Waals surface area contributed by atoms with Crippen LogP contribution in [0.3, 0.4) is 0 Å². The Kier molecular flexibility index (Phi) is 5.38. The molecule has 0 saturated heterocycles. The topological polar surface area (TPSA) is 95.2 Å². The van der Waals surface area contributed by atoms with Crippen LogP contribution in [0.15, 0.2) is 47.4 Å².